The van der Waals surface area contributed by atoms with Crippen LogP contribution in [0, 0.1) is 5.41 Å². The molecule has 0 saturated carbocycles. The standard InChI is InChI=1S/C20H26N2O4/c1-3-20(4-2,19(24)25)14-22-17(23)11-8-12-18-21-13-16(26-18)15-9-6-5-7-10-15/h5-7,9-10,13H,3-4,8,11-12,14H2,1-2H3,(H,22,23)(H,24,25). The second-order valence-electron chi connectivity index (χ2n) is 6.41. The second-order valence-corrected chi connectivity index (χ2v) is 6.41. The SMILES string of the molecule is CCC(CC)(CNC(=O)CCCc1ncc(-c2ccccc2)o1)C(=O)O. The lowest BCUT2D eigenvalue weighted by atomic mass is 9.82. The molecule has 6 nitrogen and oxygen atoms in total. The molecule has 1 heterocycles. The number of aliphatic carboxylic acids is 1. The van der Waals surface area contributed by atoms with Crippen LogP contribution in [-0.4, -0.2) is 28.5 Å². The number of amides is 1. The van der Waals surface area contributed by atoms with Gasteiger partial charge in [0.2, 0.25) is 5.91 Å². The first-order valence-electron chi connectivity index (χ1n) is 9.01. The van der Waals surface area contributed by atoms with Gasteiger partial charge >= 0.3 is 5.97 Å². The number of hydrogen-bond acceptors (Lipinski definition) is 4. The molecule has 0 aliphatic carbocycles. The quantitative estimate of drug-likeness (QED) is 0.676. The fourth-order valence-electron chi connectivity index (χ4n) is 2.80. The number of benzene rings is 1. The van der Waals surface area contributed by atoms with E-state index in [1.165, 1.54) is 0 Å². The molecule has 1 amide bonds. The Kier molecular flexibility index (Phi) is 6.95. The molecule has 0 aliphatic rings. The lowest BCUT2D eigenvalue weighted by Crippen LogP contribution is -2.42. The van der Waals surface area contributed by atoms with Gasteiger partial charge < -0.3 is 14.8 Å². The molecule has 2 rings (SSSR count). The summed E-state index contributed by atoms with van der Waals surface area (Å²) in [7, 11) is 0. The van der Waals surface area contributed by atoms with Crippen LogP contribution in [0.1, 0.15) is 45.4 Å². The minimum absolute atomic E-state index is 0.146. The maximum absolute atomic E-state index is 12.0. The molecule has 6 heteroatoms. The highest BCUT2D eigenvalue weighted by Gasteiger charge is 2.34. The van der Waals surface area contributed by atoms with E-state index in [-0.39, 0.29) is 12.5 Å². The maximum Gasteiger partial charge on any atom is 0.311 e. The van der Waals surface area contributed by atoms with Gasteiger partial charge in [0.15, 0.2) is 11.7 Å². The van der Waals surface area contributed by atoms with E-state index in [0.717, 1.165) is 5.56 Å². The minimum atomic E-state index is -0.886. The van der Waals surface area contributed by atoms with Crippen molar-refractivity contribution in [3.63, 3.8) is 0 Å². The fraction of sp³-hybridized carbons (Fsp3) is 0.450. The number of carbonyl (C=O) groups is 2. The van der Waals surface area contributed by atoms with E-state index in [9.17, 15) is 14.7 Å². The Labute approximate surface area is 153 Å². The van der Waals surface area contributed by atoms with Gasteiger partial charge in [-0.3, -0.25) is 9.59 Å². The van der Waals surface area contributed by atoms with Crippen molar-refractivity contribution in [1.82, 2.24) is 10.3 Å². The molecule has 1 aromatic carbocycles. The summed E-state index contributed by atoms with van der Waals surface area (Å²) in [4.78, 5) is 27.7. The summed E-state index contributed by atoms with van der Waals surface area (Å²) in [5, 5.41) is 12.1. The average molecular weight is 358 g/mol. The van der Waals surface area contributed by atoms with Crippen molar-refractivity contribution in [2.75, 3.05) is 6.54 Å². The molecular formula is C20H26N2O4. The third-order valence-corrected chi connectivity index (χ3v) is 4.84. The number of carboxylic acids is 1. The molecule has 2 aromatic rings. The summed E-state index contributed by atoms with van der Waals surface area (Å²) in [6.45, 7) is 3.82. The van der Waals surface area contributed by atoms with E-state index >= 15 is 0 Å². The molecule has 0 saturated heterocycles. The van der Waals surface area contributed by atoms with Crippen LogP contribution in [0.5, 0.6) is 0 Å². The van der Waals surface area contributed by atoms with Crippen molar-refractivity contribution >= 4 is 11.9 Å². The molecular weight excluding hydrogens is 332 g/mol. The summed E-state index contributed by atoms with van der Waals surface area (Å²) in [6, 6.07) is 9.72. The molecule has 0 bridgehead atoms. The van der Waals surface area contributed by atoms with Crippen LogP contribution in [0.15, 0.2) is 40.9 Å². The van der Waals surface area contributed by atoms with Crippen LogP contribution in [0.4, 0.5) is 0 Å². The van der Waals surface area contributed by atoms with Gasteiger partial charge in [0.25, 0.3) is 0 Å². The first kappa shape index (κ1) is 19.7. The zero-order chi connectivity index (χ0) is 19.0. The Morgan fingerprint density at radius 1 is 1.19 bits per heavy atom. The Morgan fingerprint density at radius 3 is 2.50 bits per heavy atom. The number of carbonyl (C=O) groups excluding carboxylic acids is 1. The highest BCUT2D eigenvalue weighted by atomic mass is 16.4. The average Bonchev–Trinajstić information content (AvgIpc) is 3.12. The van der Waals surface area contributed by atoms with Crippen molar-refractivity contribution in [3.05, 3.63) is 42.4 Å². The lowest BCUT2D eigenvalue weighted by Gasteiger charge is -2.26. The van der Waals surface area contributed by atoms with Crippen LogP contribution < -0.4 is 5.32 Å². The van der Waals surface area contributed by atoms with Crippen molar-refractivity contribution in [2.24, 2.45) is 5.41 Å². The van der Waals surface area contributed by atoms with Crippen LogP contribution in [-0.2, 0) is 16.0 Å². The third kappa shape index (κ3) is 4.94. The van der Waals surface area contributed by atoms with E-state index in [0.29, 0.717) is 43.8 Å². The highest BCUT2D eigenvalue weighted by molar-refractivity contribution is 5.79. The molecule has 0 unspecified atom stereocenters. The molecule has 2 N–H and O–H groups in total. The van der Waals surface area contributed by atoms with E-state index in [2.05, 4.69) is 10.3 Å². The van der Waals surface area contributed by atoms with Gasteiger partial charge in [0.05, 0.1) is 11.6 Å². The molecule has 0 spiro atoms. The molecule has 0 atom stereocenters. The normalized spacial score (nSPS) is 11.3. The van der Waals surface area contributed by atoms with Gasteiger partial charge in [-0.1, -0.05) is 44.2 Å². The van der Waals surface area contributed by atoms with Crippen molar-refractivity contribution < 1.29 is 19.1 Å². The summed E-state index contributed by atoms with van der Waals surface area (Å²) < 4.78 is 5.71. The number of nitrogens with zero attached hydrogens (tertiary/aromatic N) is 1. The predicted molar refractivity (Wildman–Crippen MR) is 98.5 cm³/mol. The molecule has 140 valence electrons. The zero-order valence-electron chi connectivity index (χ0n) is 15.3. The largest absolute Gasteiger partial charge is 0.481 e. The predicted octanol–water partition coefficient (Wildman–Crippen LogP) is 3.67. The number of aryl methyl sites for hydroxylation is 1. The Bertz CT molecular complexity index is 720. The van der Waals surface area contributed by atoms with Gasteiger partial charge in [-0.25, -0.2) is 4.98 Å². The van der Waals surface area contributed by atoms with Crippen LogP contribution >= 0.6 is 0 Å². The number of rotatable bonds is 10. The van der Waals surface area contributed by atoms with E-state index in [1.807, 2.05) is 44.2 Å². The van der Waals surface area contributed by atoms with Gasteiger partial charge in [-0.15, -0.1) is 0 Å². The van der Waals surface area contributed by atoms with Crippen molar-refractivity contribution in [2.45, 2.75) is 46.0 Å². The molecule has 0 radical (unpaired) electrons. The van der Waals surface area contributed by atoms with Gasteiger partial charge in [-0.05, 0) is 19.3 Å². The number of nitrogens with one attached hydrogen (secondary N) is 1. The smallest absolute Gasteiger partial charge is 0.311 e. The Balaban J connectivity index is 1.78. The number of carboxylic acid groups (broad SMARTS) is 1. The summed E-state index contributed by atoms with van der Waals surface area (Å²) >= 11 is 0. The monoisotopic (exact) mass is 358 g/mol. The van der Waals surface area contributed by atoms with Gasteiger partial charge in [0, 0.05) is 24.9 Å². The summed E-state index contributed by atoms with van der Waals surface area (Å²) in [6.07, 6.45) is 4.13. The molecule has 1 aromatic heterocycles. The van der Waals surface area contributed by atoms with Gasteiger partial charge in [0.1, 0.15) is 0 Å². The minimum Gasteiger partial charge on any atom is -0.481 e. The van der Waals surface area contributed by atoms with E-state index in [4.69, 9.17) is 4.42 Å². The summed E-state index contributed by atoms with van der Waals surface area (Å²) in [5.41, 5.74) is 0.0798. The van der Waals surface area contributed by atoms with E-state index in [1.54, 1.807) is 6.20 Å². The van der Waals surface area contributed by atoms with Crippen molar-refractivity contribution in [1.29, 1.82) is 0 Å². The molecule has 0 fully saturated rings. The molecule has 26 heavy (non-hydrogen) atoms. The fourth-order valence-corrected chi connectivity index (χ4v) is 2.80. The lowest BCUT2D eigenvalue weighted by molar-refractivity contribution is -0.149. The zero-order valence-corrected chi connectivity index (χ0v) is 15.3. The number of hydrogen-bond donors (Lipinski definition) is 2. The highest BCUT2D eigenvalue weighted by Crippen LogP contribution is 2.25. The van der Waals surface area contributed by atoms with Gasteiger partial charge in [-0.2, -0.15) is 0 Å². The van der Waals surface area contributed by atoms with Crippen molar-refractivity contribution in [3.8, 4) is 11.3 Å². The Morgan fingerprint density at radius 2 is 1.88 bits per heavy atom. The first-order chi connectivity index (χ1) is 12.5. The van der Waals surface area contributed by atoms with Crippen LogP contribution in [0.25, 0.3) is 11.3 Å². The topological polar surface area (TPSA) is 92.4 Å². The second kappa shape index (κ2) is 9.17. The number of oxazole rings is 1. The number of aromatic nitrogens is 1. The third-order valence-electron chi connectivity index (χ3n) is 4.84. The maximum atomic E-state index is 12.0. The van der Waals surface area contributed by atoms with E-state index < -0.39 is 11.4 Å². The Hall–Kier alpha value is -2.63. The van der Waals surface area contributed by atoms with Crippen LogP contribution in [0.3, 0.4) is 0 Å². The van der Waals surface area contributed by atoms with Crippen LogP contribution in [0.2, 0.25) is 0 Å². The molecule has 0 aliphatic heterocycles. The first-order valence-corrected chi connectivity index (χ1v) is 9.01. The summed E-state index contributed by atoms with van der Waals surface area (Å²) in [5.74, 6) is 0.296.